The number of rotatable bonds is 7. The van der Waals surface area contributed by atoms with Crippen LogP contribution in [0.25, 0.3) is 0 Å². The summed E-state index contributed by atoms with van der Waals surface area (Å²) in [6, 6.07) is 0. The van der Waals surface area contributed by atoms with Crippen LogP contribution in [0, 0.1) is 0 Å². The molecule has 156 valence electrons. The molecule has 0 bridgehead atoms. The van der Waals surface area contributed by atoms with Gasteiger partial charge in [0.05, 0.1) is 18.0 Å². The first kappa shape index (κ1) is 20.6. The molecule has 28 heavy (non-hydrogen) atoms. The van der Waals surface area contributed by atoms with Crippen molar-refractivity contribution in [2.75, 3.05) is 57.4 Å². The number of amides is 1. The number of aromatic nitrogens is 2. The number of aliphatic imine (C=N–C) groups is 1. The van der Waals surface area contributed by atoms with Crippen LogP contribution < -0.4 is 10.2 Å². The second-order valence-corrected chi connectivity index (χ2v) is 7.11. The minimum atomic E-state index is 0.0627. The molecule has 0 unspecified atom stereocenters. The number of hydrogen-bond acceptors (Lipinski definition) is 5. The van der Waals surface area contributed by atoms with Crippen LogP contribution in [0.2, 0.25) is 0 Å². The van der Waals surface area contributed by atoms with Gasteiger partial charge in [0.15, 0.2) is 5.96 Å². The Bertz CT molecular complexity index is 656. The fraction of sp³-hybridized carbons (Fsp3) is 0.737. The fourth-order valence-corrected chi connectivity index (χ4v) is 3.44. The van der Waals surface area contributed by atoms with Crippen LogP contribution in [0.15, 0.2) is 17.4 Å². The first-order valence-corrected chi connectivity index (χ1v) is 10.2. The molecule has 0 spiro atoms. The largest absolute Gasteiger partial charge is 0.381 e. The van der Waals surface area contributed by atoms with Crippen molar-refractivity contribution in [3.63, 3.8) is 0 Å². The first-order chi connectivity index (χ1) is 13.7. The van der Waals surface area contributed by atoms with E-state index in [1.165, 1.54) is 0 Å². The summed E-state index contributed by atoms with van der Waals surface area (Å²) in [5.74, 6) is 0.862. The molecule has 1 aromatic rings. The summed E-state index contributed by atoms with van der Waals surface area (Å²) in [7, 11) is 1.85. The van der Waals surface area contributed by atoms with E-state index in [4.69, 9.17) is 14.5 Å². The van der Waals surface area contributed by atoms with Gasteiger partial charge in [0.25, 0.3) is 0 Å². The molecule has 2 saturated heterocycles. The molecule has 3 rings (SSSR count). The van der Waals surface area contributed by atoms with Gasteiger partial charge < -0.3 is 24.6 Å². The minimum Gasteiger partial charge on any atom is -0.381 e. The Morgan fingerprint density at radius 2 is 2.21 bits per heavy atom. The van der Waals surface area contributed by atoms with Gasteiger partial charge in [0.2, 0.25) is 5.91 Å². The van der Waals surface area contributed by atoms with Crippen LogP contribution in [-0.4, -0.2) is 85.2 Å². The van der Waals surface area contributed by atoms with E-state index < -0.39 is 0 Å². The third-order valence-electron chi connectivity index (χ3n) is 4.94. The Labute approximate surface area is 166 Å². The number of carbonyl (C=O) groups excluding carboxylic acids is 1. The summed E-state index contributed by atoms with van der Waals surface area (Å²) < 4.78 is 13.0. The number of nitrogens with one attached hydrogen (secondary N) is 1. The van der Waals surface area contributed by atoms with Crippen LogP contribution in [0.5, 0.6) is 0 Å². The SMILES string of the molecule is CCNC(=NCCCOC1CCOCC1)N1CCN(c2cnn(C)c2)C(=O)C1. The maximum atomic E-state index is 12.6. The lowest BCUT2D eigenvalue weighted by atomic mass is 10.1. The zero-order valence-corrected chi connectivity index (χ0v) is 17.0. The molecule has 0 atom stereocenters. The quantitative estimate of drug-likeness (QED) is 0.416. The normalized spacial score (nSPS) is 19.4. The average Bonchev–Trinajstić information content (AvgIpc) is 3.13. The molecule has 0 aromatic carbocycles. The highest BCUT2D eigenvalue weighted by Gasteiger charge is 2.27. The van der Waals surface area contributed by atoms with E-state index in [1.54, 1.807) is 15.8 Å². The molecule has 9 heteroatoms. The predicted molar refractivity (Wildman–Crippen MR) is 108 cm³/mol. The van der Waals surface area contributed by atoms with E-state index in [2.05, 4.69) is 10.4 Å². The zero-order chi connectivity index (χ0) is 19.8. The van der Waals surface area contributed by atoms with Crippen LogP contribution in [0.1, 0.15) is 26.2 Å². The highest BCUT2D eigenvalue weighted by Crippen LogP contribution is 2.16. The summed E-state index contributed by atoms with van der Waals surface area (Å²) in [6.07, 6.45) is 6.75. The minimum absolute atomic E-state index is 0.0627. The highest BCUT2D eigenvalue weighted by atomic mass is 16.5. The van der Waals surface area contributed by atoms with Gasteiger partial charge in [-0.3, -0.25) is 14.5 Å². The summed E-state index contributed by atoms with van der Waals surface area (Å²) in [4.78, 5) is 21.1. The van der Waals surface area contributed by atoms with Gasteiger partial charge in [-0.25, -0.2) is 0 Å². The maximum Gasteiger partial charge on any atom is 0.246 e. The van der Waals surface area contributed by atoms with Crippen molar-refractivity contribution in [1.82, 2.24) is 20.0 Å². The van der Waals surface area contributed by atoms with Gasteiger partial charge in [-0.2, -0.15) is 5.10 Å². The lowest BCUT2D eigenvalue weighted by Gasteiger charge is -2.35. The number of nitrogens with zero attached hydrogens (tertiary/aromatic N) is 5. The van der Waals surface area contributed by atoms with E-state index in [0.29, 0.717) is 32.3 Å². The lowest BCUT2D eigenvalue weighted by Crippen LogP contribution is -2.55. The van der Waals surface area contributed by atoms with E-state index in [1.807, 2.05) is 25.1 Å². The second kappa shape index (κ2) is 10.4. The first-order valence-electron chi connectivity index (χ1n) is 10.2. The Morgan fingerprint density at radius 3 is 2.89 bits per heavy atom. The van der Waals surface area contributed by atoms with E-state index in [0.717, 1.165) is 57.2 Å². The Balaban J connectivity index is 1.46. The predicted octanol–water partition coefficient (Wildman–Crippen LogP) is 0.620. The molecular weight excluding hydrogens is 360 g/mol. The molecule has 1 N–H and O–H groups in total. The molecule has 1 aromatic heterocycles. The van der Waals surface area contributed by atoms with Crippen LogP contribution in [-0.2, 0) is 21.3 Å². The number of guanidine groups is 1. The van der Waals surface area contributed by atoms with Crippen molar-refractivity contribution in [3.8, 4) is 0 Å². The number of carbonyl (C=O) groups is 1. The second-order valence-electron chi connectivity index (χ2n) is 7.11. The summed E-state index contributed by atoms with van der Waals surface area (Å²) >= 11 is 0. The number of anilines is 1. The molecule has 2 aliphatic heterocycles. The monoisotopic (exact) mass is 392 g/mol. The van der Waals surface area contributed by atoms with E-state index in [9.17, 15) is 4.79 Å². The van der Waals surface area contributed by atoms with Crippen molar-refractivity contribution < 1.29 is 14.3 Å². The number of piperazine rings is 1. The molecule has 9 nitrogen and oxygen atoms in total. The number of hydrogen-bond donors (Lipinski definition) is 1. The molecule has 2 aliphatic rings. The molecule has 0 radical (unpaired) electrons. The molecule has 0 saturated carbocycles. The smallest absolute Gasteiger partial charge is 0.246 e. The fourth-order valence-electron chi connectivity index (χ4n) is 3.44. The van der Waals surface area contributed by atoms with Crippen LogP contribution >= 0.6 is 0 Å². The zero-order valence-electron chi connectivity index (χ0n) is 17.0. The van der Waals surface area contributed by atoms with Gasteiger partial charge in [-0.15, -0.1) is 0 Å². The van der Waals surface area contributed by atoms with E-state index >= 15 is 0 Å². The van der Waals surface area contributed by atoms with Crippen LogP contribution in [0.4, 0.5) is 5.69 Å². The molecule has 0 aliphatic carbocycles. The Hall–Kier alpha value is -2.13. The molecule has 1 amide bonds. The maximum absolute atomic E-state index is 12.6. The third kappa shape index (κ3) is 5.68. The molecule has 2 fully saturated rings. The van der Waals surface area contributed by atoms with Crippen molar-refractivity contribution in [1.29, 1.82) is 0 Å². The number of aryl methyl sites for hydroxylation is 1. The number of ether oxygens (including phenoxy) is 2. The molecular formula is C19H32N6O3. The third-order valence-corrected chi connectivity index (χ3v) is 4.94. The van der Waals surface area contributed by atoms with Gasteiger partial charge in [-0.05, 0) is 26.2 Å². The lowest BCUT2D eigenvalue weighted by molar-refractivity contribution is -0.120. The van der Waals surface area contributed by atoms with Crippen LogP contribution in [0.3, 0.4) is 0 Å². The van der Waals surface area contributed by atoms with Gasteiger partial charge in [0.1, 0.15) is 6.54 Å². The summed E-state index contributed by atoms with van der Waals surface area (Å²) in [5, 5.41) is 7.46. The van der Waals surface area contributed by atoms with Gasteiger partial charge in [0, 0.05) is 59.2 Å². The van der Waals surface area contributed by atoms with Gasteiger partial charge >= 0.3 is 0 Å². The van der Waals surface area contributed by atoms with Crippen molar-refractivity contribution in [3.05, 3.63) is 12.4 Å². The molecule has 3 heterocycles. The summed E-state index contributed by atoms with van der Waals surface area (Å²) in [6.45, 7) is 7.49. The standard InChI is InChI=1S/C19H32N6O3/c1-3-20-19(21-7-4-10-28-17-5-11-27-12-6-17)24-8-9-25(18(26)15-24)16-13-22-23(2)14-16/h13-14,17H,3-12,15H2,1-2H3,(H,20,21). The topological polar surface area (TPSA) is 84.2 Å². The Kier molecular flexibility index (Phi) is 7.67. The van der Waals surface area contributed by atoms with Gasteiger partial charge in [-0.1, -0.05) is 0 Å². The Morgan fingerprint density at radius 1 is 1.39 bits per heavy atom. The van der Waals surface area contributed by atoms with E-state index in [-0.39, 0.29) is 5.91 Å². The van der Waals surface area contributed by atoms with Crippen molar-refractivity contribution >= 4 is 17.6 Å². The van der Waals surface area contributed by atoms with Crippen molar-refractivity contribution in [2.45, 2.75) is 32.3 Å². The average molecular weight is 393 g/mol. The highest BCUT2D eigenvalue weighted by molar-refractivity contribution is 5.98. The summed E-state index contributed by atoms with van der Waals surface area (Å²) in [5.41, 5.74) is 0.847. The van der Waals surface area contributed by atoms with Crippen molar-refractivity contribution in [2.24, 2.45) is 12.0 Å².